The number of likely N-dealkylation sites (tertiary alicyclic amines) is 1. The number of alkyl carbamates (subject to hydrolysis) is 1. The lowest BCUT2D eigenvalue weighted by Gasteiger charge is -2.62. The summed E-state index contributed by atoms with van der Waals surface area (Å²) in [5.74, 6) is 1.65. The molecule has 1 heterocycles. The SMILES string of the molecule is CC(C)(C)OC(=O)NC(C(=O)N1CCC2CC21)C12CC3CC(CC(O)(C3)C1)C2. The van der Waals surface area contributed by atoms with Gasteiger partial charge in [0.1, 0.15) is 11.6 Å². The molecule has 0 aromatic rings. The third-order valence-electron chi connectivity index (χ3n) is 7.91. The molecule has 2 N–H and O–H groups in total. The van der Waals surface area contributed by atoms with Gasteiger partial charge in [0, 0.05) is 18.0 Å². The van der Waals surface area contributed by atoms with Gasteiger partial charge in [-0.3, -0.25) is 4.79 Å². The van der Waals surface area contributed by atoms with Crippen LogP contribution >= 0.6 is 0 Å². The van der Waals surface area contributed by atoms with Crippen LogP contribution in [0.1, 0.15) is 72.1 Å². The lowest BCUT2D eigenvalue weighted by Crippen LogP contribution is -2.66. The zero-order chi connectivity index (χ0) is 19.9. The molecular formula is C22H34N2O4. The van der Waals surface area contributed by atoms with Crippen molar-refractivity contribution in [2.24, 2.45) is 23.2 Å². The van der Waals surface area contributed by atoms with Crippen molar-refractivity contribution in [2.45, 2.75) is 95.4 Å². The highest BCUT2D eigenvalue weighted by Crippen LogP contribution is 2.63. The molecule has 6 heteroatoms. The van der Waals surface area contributed by atoms with E-state index in [-0.39, 0.29) is 11.3 Å². The van der Waals surface area contributed by atoms with Crippen LogP contribution in [-0.4, -0.2) is 51.8 Å². The number of nitrogens with one attached hydrogen (secondary N) is 1. The van der Waals surface area contributed by atoms with E-state index in [2.05, 4.69) is 5.32 Å². The standard InChI is InChI=1S/C22H34N2O4/c1-20(2,3)28-19(26)23-17(18(25)24-5-4-15-7-16(15)24)21-8-13-6-14(9-21)11-22(27,10-13)12-21/h13-17,27H,4-12H2,1-3H3,(H,23,26). The van der Waals surface area contributed by atoms with Gasteiger partial charge in [-0.1, -0.05) is 0 Å². The number of carbonyl (C=O) groups is 2. The predicted octanol–water partition coefficient (Wildman–Crippen LogP) is 2.83. The van der Waals surface area contributed by atoms with Crippen LogP contribution in [0.5, 0.6) is 0 Å². The van der Waals surface area contributed by atoms with E-state index in [0.29, 0.717) is 30.2 Å². The third-order valence-corrected chi connectivity index (χ3v) is 7.91. The number of carbonyl (C=O) groups excluding carboxylic acids is 2. The van der Waals surface area contributed by atoms with Crippen molar-refractivity contribution in [3.63, 3.8) is 0 Å². The van der Waals surface area contributed by atoms with Gasteiger partial charge in [-0.2, -0.15) is 0 Å². The largest absolute Gasteiger partial charge is 0.444 e. The second-order valence-corrected chi connectivity index (χ2v) is 11.5. The maximum absolute atomic E-state index is 13.7. The fraction of sp³-hybridized carbons (Fsp3) is 0.909. The van der Waals surface area contributed by atoms with Crippen molar-refractivity contribution in [3.8, 4) is 0 Å². The summed E-state index contributed by atoms with van der Waals surface area (Å²) in [4.78, 5) is 28.4. The molecule has 1 saturated heterocycles. The van der Waals surface area contributed by atoms with E-state index in [0.717, 1.165) is 51.5 Å². The Morgan fingerprint density at radius 1 is 1.14 bits per heavy atom. The summed E-state index contributed by atoms with van der Waals surface area (Å²) in [5.41, 5.74) is -1.60. The number of nitrogens with zero attached hydrogens (tertiary/aromatic N) is 1. The van der Waals surface area contributed by atoms with Crippen molar-refractivity contribution < 1.29 is 19.4 Å². The summed E-state index contributed by atoms with van der Waals surface area (Å²) >= 11 is 0. The Balaban J connectivity index is 1.44. The Kier molecular flexibility index (Phi) is 3.92. The number of aliphatic hydroxyl groups is 1. The fourth-order valence-corrected chi connectivity index (χ4v) is 7.36. The number of hydrogen-bond acceptors (Lipinski definition) is 4. The number of amides is 2. The monoisotopic (exact) mass is 390 g/mol. The minimum atomic E-state index is -0.661. The molecule has 6 nitrogen and oxygen atoms in total. The number of hydrogen-bond donors (Lipinski definition) is 2. The molecule has 6 aliphatic rings. The van der Waals surface area contributed by atoms with Crippen molar-refractivity contribution in [1.82, 2.24) is 10.2 Å². The van der Waals surface area contributed by atoms with E-state index in [1.807, 2.05) is 25.7 Å². The van der Waals surface area contributed by atoms with Crippen LogP contribution in [-0.2, 0) is 9.53 Å². The van der Waals surface area contributed by atoms with Crippen LogP contribution < -0.4 is 5.32 Å². The van der Waals surface area contributed by atoms with Gasteiger partial charge in [0.05, 0.1) is 5.60 Å². The Morgan fingerprint density at radius 3 is 2.32 bits per heavy atom. The summed E-state index contributed by atoms with van der Waals surface area (Å²) in [6.07, 6.45) is 7.03. The van der Waals surface area contributed by atoms with E-state index in [9.17, 15) is 14.7 Å². The molecule has 0 aromatic carbocycles. The minimum Gasteiger partial charge on any atom is -0.444 e. The maximum Gasteiger partial charge on any atom is 0.408 e. The van der Waals surface area contributed by atoms with E-state index in [4.69, 9.17) is 4.74 Å². The van der Waals surface area contributed by atoms with Gasteiger partial charge in [-0.25, -0.2) is 4.79 Å². The third kappa shape index (κ3) is 3.12. The maximum atomic E-state index is 13.7. The lowest BCUT2D eigenvalue weighted by molar-refractivity contribution is -0.180. The first-order valence-corrected chi connectivity index (χ1v) is 11.1. The molecule has 0 aromatic heterocycles. The van der Waals surface area contributed by atoms with Crippen LogP contribution in [0.15, 0.2) is 0 Å². The summed E-state index contributed by atoms with van der Waals surface area (Å²) in [6.45, 7) is 6.32. The van der Waals surface area contributed by atoms with Crippen molar-refractivity contribution in [1.29, 1.82) is 0 Å². The van der Waals surface area contributed by atoms with Crippen molar-refractivity contribution >= 4 is 12.0 Å². The summed E-state index contributed by atoms with van der Waals surface area (Å²) in [5, 5.41) is 14.2. The van der Waals surface area contributed by atoms with Crippen molar-refractivity contribution in [2.75, 3.05) is 6.54 Å². The van der Waals surface area contributed by atoms with Gasteiger partial charge in [-0.15, -0.1) is 0 Å². The average Bonchev–Trinajstić information content (AvgIpc) is 3.18. The topological polar surface area (TPSA) is 78.9 Å². The molecule has 6 rings (SSSR count). The molecule has 6 fully saturated rings. The highest BCUT2D eigenvalue weighted by atomic mass is 16.6. The van der Waals surface area contributed by atoms with E-state index >= 15 is 0 Å². The number of piperidine rings is 1. The van der Waals surface area contributed by atoms with E-state index in [1.54, 1.807) is 0 Å². The molecule has 28 heavy (non-hydrogen) atoms. The highest BCUT2D eigenvalue weighted by molar-refractivity contribution is 5.87. The minimum absolute atomic E-state index is 0.0569. The fourth-order valence-electron chi connectivity index (χ4n) is 7.36. The molecule has 1 aliphatic heterocycles. The lowest BCUT2D eigenvalue weighted by atomic mass is 9.46. The van der Waals surface area contributed by atoms with Gasteiger partial charge >= 0.3 is 6.09 Å². The van der Waals surface area contributed by atoms with Crippen LogP contribution in [0.4, 0.5) is 4.79 Å². The first-order valence-electron chi connectivity index (χ1n) is 11.1. The zero-order valence-electron chi connectivity index (χ0n) is 17.4. The smallest absolute Gasteiger partial charge is 0.408 e. The summed E-state index contributed by atoms with van der Waals surface area (Å²) in [6, 6.07) is -0.216. The first kappa shape index (κ1) is 18.7. The second kappa shape index (κ2) is 5.87. The van der Waals surface area contributed by atoms with E-state index in [1.165, 1.54) is 0 Å². The van der Waals surface area contributed by atoms with Gasteiger partial charge < -0.3 is 20.1 Å². The number of fused-ring (bicyclic) bond motifs is 1. The van der Waals surface area contributed by atoms with Crippen LogP contribution in [0.3, 0.4) is 0 Å². The van der Waals surface area contributed by atoms with Crippen LogP contribution in [0.25, 0.3) is 0 Å². The Hall–Kier alpha value is -1.30. The zero-order valence-corrected chi connectivity index (χ0v) is 17.4. The average molecular weight is 391 g/mol. The van der Waals surface area contributed by atoms with Gasteiger partial charge in [0.2, 0.25) is 5.91 Å². The molecule has 5 atom stereocenters. The van der Waals surface area contributed by atoms with Crippen LogP contribution in [0.2, 0.25) is 0 Å². The molecule has 0 spiro atoms. The van der Waals surface area contributed by atoms with Gasteiger partial charge in [0.25, 0.3) is 0 Å². The van der Waals surface area contributed by atoms with Crippen LogP contribution in [0, 0.1) is 23.2 Å². The van der Waals surface area contributed by atoms with Crippen molar-refractivity contribution in [3.05, 3.63) is 0 Å². The summed E-state index contributed by atoms with van der Waals surface area (Å²) in [7, 11) is 0. The molecule has 5 saturated carbocycles. The Bertz CT molecular complexity index is 685. The Morgan fingerprint density at radius 2 is 1.82 bits per heavy atom. The Labute approximate surface area is 167 Å². The van der Waals surface area contributed by atoms with Gasteiger partial charge in [-0.05, 0) is 89.9 Å². The number of ether oxygens (including phenoxy) is 1. The molecular weight excluding hydrogens is 356 g/mol. The molecule has 156 valence electrons. The normalized spacial score (nSPS) is 44.2. The molecule has 2 amide bonds. The molecule has 5 unspecified atom stereocenters. The predicted molar refractivity (Wildman–Crippen MR) is 103 cm³/mol. The highest BCUT2D eigenvalue weighted by Gasteiger charge is 2.63. The second-order valence-electron chi connectivity index (χ2n) is 11.5. The summed E-state index contributed by atoms with van der Waals surface area (Å²) < 4.78 is 5.52. The molecule has 0 radical (unpaired) electrons. The quantitative estimate of drug-likeness (QED) is 0.777. The van der Waals surface area contributed by atoms with E-state index < -0.39 is 23.3 Å². The number of rotatable bonds is 3. The first-order chi connectivity index (χ1) is 13.1. The molecule has 5 aliphatic carbocycles. The molecule has 4 bridgehead atoms. The van der Waals surface area contributed by atoms with Gasteiger partial charge in [0.15, 0.2) is 0 Å².